The van der Waals surface area contributed by atoms with Crippen LogP contribution in [0, 0.1) is 0 Å². The summed E-state index contributed by atoms with van der Waals surface area (Å²) in [5, 5.41) is 3.25. The Labute approximate surface area is 155 Å². The van der Waals surface area contributed by atoms with Gasteiger partial charge in [0, 0.05) is 23.3 Å². The number of hydrogen-bond donors (Lipinski definition) is 1. The van der Waals surface area contributed by atoms with Gasteiger partial charge in [-0.15, -0.1) is 11.3 Å². The normalized spacial score (nSPS) is 12.5. The minimum Gasteiger partial charge on any atom is -0.302 e. The van der Waals surface area contributed by atoms with Crippen LogP contribution in [0.1, 0.15) is 16.9 Å². The molecule has 2 aromatic carbocycles. The molecule has 26 heavy (non-hydrogen) atoms. The summed E-state index contributed by atoms with van der Waals surface area (Å²) in [4.78, 5) is 18.0. The zero-order chi connectivity index (χ0) is 18.1. The van der Waals surface area contributed by atoms with Crippen molar-refractivity contribution in [2.45, 2.75) is 17.7 Å². The first-order valence-corrected chi connectivity index (χ1v) is 10.7. The van der Waals surface area contributed by atoms with E-state index in [9.17, 15) is 13.2 Å². The molecule has 1 amide bonds. The first kappa shape index (κ1) is 16.9. The second-order valence-electron chi connectivity index (χ2n) is 6.05. The molecule has 0 aliphatic heterocycles. The molecular weight excluding hydrogens is 368 g/mol. The van der Waals surface area contributed by atoms with Gasteiger partial charge in [-0.1, -0.05) is 42.5 Å². The molecule has 1 N–H and O–H groups in total. The van der Waals surface area contributed by atoms with Crippen molar-refractivity contribution in [1.82, 2.24) is 4.98 Å². The molecule has 7 heteroatoms. The summed E-state index contributed by atoms with van der Waals surface area (Å²) >= 11 is 1.44. The fraction of sp³-hybridized carbons (Fsp3) is 0.158. The fourth-order valence-electron chi connectivity index (χ4n) is 2.97. The van der Waals surface area contributed by atoms with E-state index in [-0.39, 0.29) is 23.0 Å². The van der Waals surface area contributed by atoms with Crippen LogP contribution in [0.25, 0.3) is 11.3 Å². The second kappa shape index (κ2) is 6.66. The maximum absolute atomic E-state index is 12.2. The number of fused-ring (bicyclic) bond motifs is 3. The third-order valence-corrected chi connectivity index (χ3v) is 6.97. The minimum atomic E-state index is -3.46. The Balaban J connectivity index is 1.41. The van der Waals surface area contributed by atoms with Crippen LogP contribution in [0.2, 0.25) is 0 Å². The van der Waals surface area contributed by atoms with Crippen LogP contribution >= 0.6 is 11.3 Å². The maximum Gasteiger partial charge on any atom is 0.227 e. The molecule has 0 bridgehead atoms. The van der Waals surface area contributed by atoms with E-state index in [2.05, 4.69) is 16.4 Å². The number of nitrogens with zero attached hydrogens (tertiary/aromatic N) is 1. The van der Waals surface area contributed by atoms with Crippen LogP contribution in [0.4, 0.5) is 5.13 Å². The molecule has 1 aromatic heterocycles. The number of thiazole rings is 1. The van der Waals surface area contributed by atoms with E-state index < -0.39 is 9.84 Å². The van der Waals surface area contributed by atoms with Gasteiger partial charge < -0.3 is 5.32 Å². The third kappa shape index (κ3) is 3.27. The van der Waals surface area contributed by atoms with Crippen LogP contribution < -0.4 is 5.32 Å². The Morgan fingerprint density at radius 2 is 1.81 bits per heavy atom. The van der Waals surface area contributed by atoms with Gasteiger partial charge in [-0.05, 0) is 17.7 Å². The van der Waals surface area contributed by atoms with Crippen molar-refractivity contribution in [2.75, 3.05) is 11.1 Å². The predicted molar refractivity (Wildman–Crippen MR) is 102 cm³/mol. The van der Waals surface area contributed by atoms with Crippen LogP contribution in [-0.4, -0.2) is 25.1 Å². The second-order valence-corrected chi connectivity index (χ2v) is 9.25. The molecule has 1 heterocycles. The average Bonchev–Trinajstić information content (AvgIpc) is 3.18. The van der Waals surface area contributed by atoms with E-state index in [0.717, 1.165) is 22.6 Å². The number of amides is 1. The standard InChI is InChI=1S/C19H16N2O3S2/c22-17(10-11-26(23,24)14-7-2-1-3-8-14)20-19-21-18-15-9-5-4-6-13(15)12-16(18)25-19/h1-9H,10-12H2,(H,20,21,22). The summed E-state index contributed by atoms with van der Waals surface area (Å²) in [5.41, 5.74) is 3.26. The van der Waals surface area contributed by atoms with Crippen LogP contribution in [-0.2, 0) is 21.1 Å². The molecule has 0 atom stereocenters. The largest absolute Gasteiger partial charge is 0.302 e. The third-order valence-electron chi connectivity index (χ3n) is 4.27. The first-order valence-electron chi connectivity index (χ1n) is 8.18. The van der Waals surface area contributed by atoms with Crippen molar-refractivity contribution in [2.24, 2.45) is 0 Å². The molecule has 0 spiro atoms. The van der Waals surface area contributed by atoms with Gasteiger partial charge in [0.25, 0.3) is 0 Å². The topological polar surface area (TPSA) is 76.1 Å². The van der Waals surface area contributed by atoms with Crippen molar-refractivity contribution in [1.29, 1.82) is 0 Å². The monoisotopic (exact) mass is 384 g/mol. The van der Waals surface area contributed by atoms with Gasteiger partial charge in [0.2, 0.25) is 5.91 Å². The lowest BCUT2D eigenvalue weighted by molar-refractivity contribution is -0.115. The summed E-state index contributed by atoms with van der Waals surface area (Å²) < 4.78 is 24.5. The highest BCUT2D eigenvalue weighted by atomic mass is 32.2. The Morgan fingerprint density at radius 3 is 2.62 bits per heavy atom. The van der Waals surface area contributed by atoms with Gasteiger partial charge in [0.05, 0.1) is 16.3 Å². The Morgan fingerprint density at radius 1 is 1.08 bits per heavy atom. The summed E-state index contributed by atoms with van der Waals surface area (Å²) in [6.07, 6.45) is 0.722. The molecule has 0 saturated heterocycles. The molecular formula is C19H16N2O3S2. The van der Waals surface area contributed by atoms with Gasteiger partial charge in [-0.25, -0.2) is 13.4 Å². The van der Waals surface area contributed by atoms with Crippen molar-refractivity contribution in [3.05, 3.63) is 65.0 Å². The Kier molecular flexibility index (Phi) is 4.34. The summed E-state index contributed by atoms with van der Waals surface area (Å²) in [5.74, 6) is -0.568. The SMILES string of the molecule is O=C(CCS(=O)(=O)c1ccccc1)Nc1nc2c(s1)Cc1ccccc1-2. The number of rotatable bonds is 5. The first-order chi connectivity index (χ1) is 12.5. The van der Waals surface area contributed by atoms with Gasteiger partial charge >= 0.3 is 0 Å². The van der Waals surface area contributed by atoms with E-state index in [1.165, 1.54) is 29.0 Å². The average molecular weight is 384 g/mol. The highest BCUT2D eigenvalue weighted by Gasteiger charge is 2.23. The number of carbonyl (C=O) groups excluding carboxylic acids is 1. The Bertz CT molecular complexity index is 1070. The number of carbonyl (C=O) groups is 1. The van der Waals surface area contributed by atoms with Crippen molar-refractivity contribution >= 4 is 32.2 Å². The van der Waals surface area contributed by atoms with Crippen molar-refractivity contribution in [3.8, 4) is 11.3 Å². The van der Waals surface area contributed by atoms with Gasteiger partial charge in [-0.2, -0.15) is 0 Å². The molecule has 0 unspecified atom stereocenters. The number of sulfone groups is 1. The van der Waals surface area contributed by atoms with E-state index in [0.29, 0.717) is 5.13 Å². The smallest absolute Gasteiger partial charge is 0.227 e. The van der Waals surface area contributed by atoms with Gasteiger partial charge in [0.1, 0.15) is 0 Å². The number of hydrogen-bond acceptors (Lipinski definition) is 5. The van der Waals surface area contributed by atoms with E-state index >= 15 is 0 Å². The summed E-state index contributed by atoms with van der Waals surface area (Å²) in [6.45, 7) is 0. The van der Waals surface area contributed by atoms with E-state index in [1.807, 2.05) is 18.2 Å². The maximum atomic E-state index is 12.2. The molecule has 132 valence electrons. The van der Waals surface area contributed by atoms with Crippen molar-refractivity contribution < 1.29 is 13.2 Å². The molecule has 3 aromatic rings. The number of nitrogens with one attached hydrogen (secondary N) is 1. The minimum absolute atomic E-state index is 0.0991. The van der Waals surface area contributed by atoms with Crippen LogP contribution in [0.5, 0.6) is 0 Å². The lowest BCUT2D eigenvalue weighted by Gasteiger charge is -2.04. The van der Waals surface area contributed by atoms with Crippen molar-refractivity contribution in [3.63, 3.8) is 0 Å². The Hall–Kier alpha value is -2.51. The molecule has 5 nitrogen and oxygen atoms in total. The molecule has 0 fully saturated rings. The van der Waals surface area contributed by atoms with Crippen LogP contribution in [0.15, 0.2) is 59.5 Å². The molecule has 0 saturated carbocycles. The van der Waals surface area contributed by atoms with E-state index in [1.54, 1.807) is 18.2 Å². The highest BCUT2D eigenvalue weighted by molar-refractivity contribution is 7.91. The quantitative estimate of drug-likeness (QED) is 0.571. The number of anilines is 1. The molecule has 4 rings (SSSR count). The number of aromatic nitrogens is 1. The fourth-order valence-corrected chi connectivity index (χ4v) is 5.25. The molecule has 1 aliphatic rings. The van der Waals surface area contributed by atoms with E-state index in [4.69, 9.17) is 0 Å². The van der Waals surface area contributed by atoms with Gasteiger partial charge in [-0.3, -0.25) is 4.79 Å². The molecule has 0 radical (unpaired) electrons. The predicted octanol–water partition coefficient (Wildman–Crippen LogP) is 3.52. The highest BCUT2D eigenvalue weighted by Crippen LogP contribution is 2.40. The lowest BCUT2D eigenvalue weighted by Crippen LogP contribution is -2.17. The molecule has 1 aliphatic carbocycles. The zero-order valence-corrected chi connectivity index (χ0v) is 15.4. The summed E-state index contributed by atoms with van der Waals surface area (Å²) in [7, 11) is -3.46. The zero-order valence-electron chi connectivity index (χ0n) is 13.8. The summed E-state index contributed by atoms with van der Waals surface area (Å²) in [6, 6.07) is 16.3. The lowest BCUT2D eigenvalue weighted by atomic mass is 10.1. The van der Waals surface area contributed by atoms with Crippen LogP contribution in [0.3, 0.4) is 0 Å². The number of benzene rings is 2. The van der Waals surface area contributed by atoms with Gasteiger partial charge in [0.15, 0.2) is 15.0 Å².